The van der Waals surface area contributed by atoms with Gasteiger partial charge in [0.1, 0.15) is 6.54 Å². The van der Waals surface area contributed by atoms with E-state index in [2.05, 4.69) is 15.4 Å². The minimum atomic E-state index is -0.505. The van der Waals surface area contributed by atoms with E-state index in [1.165, 1.54) is 10.9 Å². The van der Waals surface area contributed by atoms with Gasteiger partial charge >= 0.3 is 0 Å². The molecule has 0 spiro atoms. The van der Waals surface area contributed by atoms with E-state index in [-0.39, 0.29) is 23.6 Å². The molecule has 3 aromatic rings. The van der Waals surface area contributed by atoms with Crippen molar-refractivity contribution in [1.29, 1.82) is 0 Å². The second-order valence-electron chi connectivity index (χ2n) is 5.69. The standard InChI is InChI=1S/C17H15N5O3/c1-11-3-6-13(7-4-11)17-18-20-21(19-17)10-16(23)14-8-5-12(2)15(9-14)22(24)25/h3-9H,10H2,1-2H3. The summed E-state index contributed by atoms with van der Waals surface area (Å²) in [6.45, 7) is 3.46. The minimum Gasteiger partial charge on any atom is -0.292 e. The van der Waals surface area contributed by atoms with Gasteiger partial charge in [-0.05, 0) is 19.1 Å². The van der Waals surface area contributed by atoms with Crippen LogP contribution in [0, 0.1) is 24.0 Å². The van der Waals surface area contributed by atoms with Crippen molar-refractivity contribution in [3.8, 4) is 11.4 Å². The van der Waals surface area contributed by atoms with Gasteiger partial charge in [0.25, 0.3) is 5.69 Å². The summed E-state index contributed by atoms with van der Waals surface area (Å²) in [6.07, 6.45) is 0. The largest absolute Gasteiger partial charge is 0.292 e. The van der Waals surface area contributed by atoms with Gasteiger partial charge in [0.05, 0.1) is 4.92 Å². The van der Waals surface area contributed by atoms with E-state index in [1.807, 2.05) is 31.2 Å². The van der Waals surface area contributed by atoms with Gasteiger partial charge in [-0.25, -0.2) is 0 Å². The monoisotopic (exact) mass is 337 g/mol. The lowest BCUT2D eigenvalue weighted by molar-refractivity contribution is -0.385. The van der Waals surface area contributed by atoms with Crippen molar-refractivity contribution in [1.82, 2.24) is 20.2 Å². The molecule has 25 heavy (non-hydrogen) atoms. The average Bonchev–Trinajstić information content (AvgIpc) is 3.04. The summed E-state index contributed by atoms with van der Waals surface area (Å²) in [5.74, 6) is 0.0960. The number of hydrogen-bond donors (Lipinski definition) is 0. The normalized spacial score (nSPS) is 10.6. The highest BCUT2D eigenvalue weighted by molar-refractivity contribution is 5.96. The summed E-state index contributed by atoms with van der Waals surface area (Å²) in [7, 11) is 0. The first kappa shape index (κ1) is 16.4. The Morgan fingerprint density at radius 3 is 2.56 bits per heavy atom. The molecule has 0 aliphatic heterocycles. The molecule has 0 bridgehead atoms. The highest BCUT2D eigenvalue weighted by Crippen LogP contribution is 2.20. The zero-order chi connectivity index (χ0) is 18.0. The number of benzene rings is 2. The highest BCUT2D eigenvalue weighted by atomic mass is 16.6. The Hall–Kier alpha value is -3.42. The molecule has 126 valence electrons. The minimum absolute atomic E-state index is 0.0854. The number of nitro benzene ring substituents is 1. The van der Waals surface area contributed by atoms with E-state index in [9.17, 15) is 14.9 Å². The third-order valence-corrected chi connectivity index (χ3v) is 3.78. The number of carbonyl (C=O) groups is 1. The second kappa shape index (κ2) is 6.60. The van der Waals surface area contributed by atoms with Crippen LogP contribution >= 0.6 is 0 Å². The number of carbonyl (C=O) groups excluding carboxylic acids is 1. The first-order valence-electron chi connectivity index (χ1n) is 7.57. The van der Waals surface area contributed by atoms with Crippen LogP contribution in [0.15, 0.2) is 42.5 Å². The fraction of sp³-hybridized carbons (Fsp3) is 0.176. The van der Waals surface area contributed by atoms with Gasteiger partial charge in [-0.1, -0.05) is 42.0 Å². The summed E-state index contributed by atoms with van der Waals surface area (Å²) in [5.41, 5.74) is 2.58. The smallest absolute Gasteiger partial charge is 0.273 e. The van der Waals surface area contributed by atoms with Crippen molar-refractivity contribution in [2.24, 2.45) is 0 Å². The lowest BCUT2D eigenvalue weighted by Crippen LogP contribution is -2.13. The van der Waals surface area contributed by atoms with Crippen LogP contribution in [0.1, 0.15) is 21.5 Å². The number of Topliss-reactive ketones (excluding diaryl/α,β-unsaturated/α-hetero) is 1. The van der Waals surface area contributed by atoms with E-state index in [0.29, 0.717) is 11.4 Å². The number of nitrogens with zero attached hydrogens (tertiary/aromatic N) is 5. The van der Waals surface area contributed by atoms with E-state index >= 15 is 0 Å². The molecule has 0 aliphatic carbocycles. The van der Waals surface area contributed by atoms with Gasteiger partial charge < -0.3 is 0 Å². The molecular weight excluding hydrogens is 322 g/mol. The molecule has 8 heteroatoms. The van der Waals surface area contributed by atoms with Gasteiger partial charge in [-0.2, -0.15) is 4.80 Å². The second-order valence-corrected chi connectivity index (χ2v) is 5.69. The zero-order valence-corrected chi connectivity index (χ0v) is 13.7. The van der Waals surface area contributed by atoms with Crippen molar-refractivity contribution in [3.63, 3.8) is 0 Å². The zero-order valence-electron chi connectivity index (χ0n) is 13.7. The molecule has 1 aromatic heterocycles. The topological polar surface area (TPSA) is 104 Å². The van der Waals surface area contributed by atoms with E-state index in [0.717, 1.165) is 11.1 Å². The molecular formula is C17H15N5O3. The Balaban J connectivity index is 1.79. The lowest BCUT2D eigenvalue weighted by Gasteiger charge is -2.02. The van der Waals surface area contributed by atoms with Crippen LogP contribution in [0.2, 0.25) is 0 Å². The Bertz CT molecular complexity index is 947. The average molecular weight is 337 g/mol. The summed E-state index contributed by atoms with van der Waals surface area (Å²) in [4.78, 5) is 24.0. The number of tetrazole rings is 1. The quantitative estimate of drug-likeness (QED) is 0.403. The van der Waals surface area contributed by atoms with Crippen molar-refractivity contribution in [2.75, 3.05) is 0 Å². The Kier molecular flexibility index (Phi) is 4.34. The van der Waals surface area contributed by atoms with Crippen LogP contribution in [-0.2, 0) is 6.54 Å². The fourth-order valence-electron chi connectivity index (χ4n) is 2.33. The van der Waals surface area contributed by atoms with Gasteiger partial charge in [-0.3, -0.25) is 14.9 Å². The van der Waals surface area contributed by atoms with E-state index in [4.69, 9.17) is 0 Å². The van der Waals surface area contributed by atoms with Gasteiger partial charge in [0, 0.05) is 22.8 Å². The van der Waals surface area contributed by atoms with E-state index in [1.54, 1.807) is 19.1 Å². The molecule has 1 heterocycles. The van der Waals surface area contributed by atoms with Crippen LogP contribution in [-0.4, -0.2) is 30.9 Å². The molecule has 0 amide bonds. The van der Waals surface area contributed by atoms with Crippen LogP contribution in [0.3, 0.4) is 0 Å². The van der Waals surface area contributed by atoms with Crippen LogP contribution in [0.25, 0.3) is 11.4 Å². The summed E-state index contributed by atoms with van der Waals surface area (Å²) < 4.78 is 0. The summed E-state index contributed by atoms with van der Waals surface area (Å²) in [6, 6.07) is 12.0. The third-order valence-electron chi connectivity index (χ3n) is 3.78. The Labute approximate surface area is 143 Å². The van der Waals surface area contributed by atoms with Crippen molar-refractivity contribution in [3.05, 3.63) is 69.3 Å². The summed E-state index contributed by atoms with van der Waals surface area (Å²) in [5, 5.41) is 23.0. The number of ketones is 1. The lowest BCUT2D eigenvalue weighted by atomic mass is 10.1. The maximum Gasteiger partial charge on any atom is 0.273 e. The van der Waals surface area contributed by atoms with Crippen molar-refractivity contribution < 1.29 is 9.72 Å². The molecule has 0 saturated heterocycles. The molecule has 0 aliphatic rings. The predicted molar refractivity (Wildman–Crippen MR) is 90.2 cm³/mol. The SMILES string of the molecule is Cc1ccc(-c2nnn(CC(=O)c3ccc(C)c([N+](=O)[O-])c3)n2)cc1. The van der Waals surface area contributed by atoms with Crippen LogP contribution in [0.4, 0.5) is 5.69 Å². The van der Waals surface area contributed by atoms with Gasteiger partial charge in [0.15, 0.2) is 5.78 Å². The Morgan fingerprint density at radius 1 is 1.16 bits per heavy atom. The van der Waals surface area contributed by atoms with Crippen LogP contribution in [0.5, 0.6) is 0 Å². The number of aromatic nitrogens is 4. The van der Waals surface area contributed by atoms with Gasteiger partial charge in [0.2, 0.25) is 5.82 Å². The highest BCUT2D eigenvalue weighted by Gasteiger charge is 2.16. The van der Waals surface area contributed by atoms with E-state index < -0.39 is 4.92 Å². The molecule has 8 nitrogen and oxygen atoms in total. The van der Waals surface area contributed by atoms with Gasteiger partial charge in [-0.15, -0.1) is 10.2 Å². The molecule has 0 saturated carbocycles. The molecule has 0 atom stereocenters. The van der Waals surface area contributed by atoms with Crippen molar-refractivity contribution >= 4 is 11.5 Å². The molecule has 0 unspecified atom stereocenters. The van der Waals surface area contributed by atoms with Crippen molar-refractivity contribution in [2.45, 2.75) is 20.4 Å². The molecule has 2 aromatic carbocycles. The fourth-order valence-corrected chi connectivity index (χ4v) is 2.33. The number of hydrogen-bond acceptors (Lipinski definition) is 6. The first-order valence-corrected chi connectivity index (χ1v) is 7.57. The van der Waals surface area contributed by atoms with Crippen LogP contribution < -0.4 is 0 Å². The maximum absolute atomic E-state index is 12.3. The number of aryl methyl sites for hydroxylation is 2. The molecule has 0 fully saturated rings. The molecule has 0 radical (unpaired) electrons. The maximum atomic E-state index is 12.3. The number of nitro groups is 1. The Morgan fingerprint density at radius 2 is 1.88 bits per heavy atom. The predicted octanol–water partition coefficient (Wildman–Crippen LogP) is 2.75. The molecule has 3 rings (SSSR count). The summed E-state index contributed by atoms with van der Waals surface area (Å²) >= 11 is 0. The molecule has 0 N–H and O–H groups in total. The number of rotatable bonds is 5. The third kappa shape index (κ3) is 3.57. The first-order chi connectivity index (χ1) is 11.9.